The van der Waals surface area contributed by atoms with Crippen LogP contribution in [0.5, 0.6) is 0 Å². The van der Waals surface area contributed by atoms with Gasteiger partial charge < -0.3 is 5.32 Å². The Labute approximate surface area is 74.0 Å². The van der Waals surface area contributed by atoms with Crippen LogP contribution in [0.1, 0.15) is 19.5 Å². The quantitative estimate of drug-likeness (QED) is 0.742. The van der Waals surface area contributed by atoms with Crippen molar-refractivity contribution in [3.63, 3.8) is 0 Å². The molecule has 1 N–H and O–H groups in total. The first kappa shape index (κ1) is 9.04. The van der Waals surface area contributed by atoms with Crippen molar-refractivity contribution in [3.05, 3.63) is 24.0 Å². The molecule has 0 unspecified atom stereocenters. The molecule has 0 amide bonds. The minimum atomic E-state index is 0.671. The Kier molecular flexibility index (Phi) is 3.09. The van der Waals surface area contributed by atoms with Gasteiger partial charge in [0.1, 0.15) is 0 Å². The number of hydrogen-bond donors (Lipinski definition) is 1. The normalized spacial score (nSPS) is 10.3. The second kappa shape index (κ2) is 4.10. The highest BCUT2D eigenvalue weighted by Gasteiger charge is 1.97. The Balaban J connectivity index is 2.57. The van der Waals surface area contributed by atoms with Gasteiger partial charge in [0, 0.05) is 12.7 Å². The number of nitrogens with one attached hydrogen (secondary N) is 1. The third kappa shape index (κ3) is 2.53. The van der Waals surface area contributed by atoms with Gasteiger partial charge in [-0.05, 0) is 25.0 Å². The first-order valence-corrected chi connectivity index (χ1v) is 4.35. The molecule has 0 fully saturated rings. The number of aromatic nitrogens is 1. The molecule has 66 valence electrons. The zero-order valence-corrected chi connectivity index (χ0v) is 7.96. The molecule has 0 atom stereocenters. The van der Waals surface area contributed by atoms with Crippen molar-refractivity contribution in [1.82, 2.24) is 4.98 Å². The van der Waals surface area contributed by atoms with Crippen LogP contribution < -0.4 is 5.32 Å². The lowest BCUT2D eigenvalue weighted by molar-refractivity contribution is 0.688. The molecule has 1 heterocycles. The van der Waals surface area contributed by atoms with Crippen LogP contribution >= 0.6 is 0 Å². The van der Waals surface area contributed by atoms with E-state index in [4.69, 9.17) is 0 Å². The van der Waals surface area contributed by atoms with E-state index in [2.05, 4.69) is 30.2 Å². The van der Waals surface area contributed by atoms with E-state index in [9.17, 15) is 0 Å². The Morgan fingerprint density at radius 2 is 2.25 bits per heavy atom. The van der Waals surface area contributed by atoms with Gasteiger partial charge in [0.15, 0.2) is 0 Å². The molecule has 0 aliphatic carbocycles. The van der Waals surface area contributed by atoms with Crippen molar-refractivity contribution >= 4 is 5.69 Å². The van der Waals surface area contributed by atoms with E-state index in [1.807, 2.05) is 19.2 Å². The lowest BCUT2D eigenvalue weighted by Crippen LogP contribution is -2.09. The Hall–Kier alpha value is -1.05. The zero-order chi connectivity index (χ0) is 8.97. The van der Waals surface area contributed by atoms with E-state index in [0.29, 0.717) is 5.92 Å². The number of nitrogens with zero attached hydrogens (tertiary/aromatic N) is 1. The second-order valence-electron chi connectivity index (χ2n) is 3.41. The van der Waals surface area contributed by atoms with Crippen LogP contribution in [0.25, 0.3) is 0 Å². The van der Waals surface area contributed by atoms with E-state index in [1.165, 1.54) is 0 Å². The Bertz CT molecular complexity index is 243. The Morgan fingerprint density at radius 3 is 2.83 bits per heavy atom. The maximum atomic E-state index is 4.19. The molecule has 0 bridgehead atoms. The highest BCUT2D eigenvalue weighted by molar-refractivity contribution is 5.46. The Morgan fingerprint density at radius 1 is 1.50 bits per heavy atom. The number of pyridine rings is 1. The molecule has 1 aromatic rings. The summed E-state index contributed by atoms with van der Waals surface area (Å²) in [5.41, 5.74) is 2.21. The maximum absolute atomic E-state index is 4.19. The standard InChI is InChI=1S/C10H16N2/c1-8(2)7-12-10-5-4-6-11-9(10)3/h4-6,8,12H,7H2,1-3H3. The van der Waals surface area contributed by atoms with Crippen LogP contribution in [0.4, 0.5) is 5.69 Å². The number of hydrogen-bond acceptors (Lipinski definition) is 2. The fraction of sp³-hybridized carbons (Fsp3) is 0.500. The van der Waals surface area contributed by atoms with Crippen molar-refractivity contribution < 1.29 is 0 Å². The molecule has 0 saturated carbocycles. The summed E-state index contributed by atoms with van der Waals surface area (Å²) in [6.45, 7) is 7.41. The van der Waals surface area contributed by atoms with Gasteiger partial charge in [-0.15, -0.1) is 0 Å². The predicted molar refractivity (Wildman–Crippen MR) is 52.3 cm³/mol. The van der Waals surface area contributed by atoms with Crippen molar-refractivity contribution in [3.8, 4) is 0 Å². The minimum Gasteiger partial charge on any atom is -0.383 e. The second-order valence-corrected chi connectivity index (χ2v) is 3.41. The maximum Gasteiger partial charge on any atom is 0.0603 e. The summed E-state index contributed by atoms with van der Waals surface area (Å²) in [6, 6.07) is 4.01. The van der Waals surface area contributed by atoms with E-state index in [0.717, 1.165) is 17.9 Å². The molecule has 0 saturated heterocycles. The zero-order valence-electron chi connectivity index (χ0n) is 7.96. The number of rotatable bonds is 3. The third-order valence-corrected chi connectivity index (χ3v) is 1.71. The highest BCUT2D eigenvalue weighted by atomic mass is 14.9. The molecule has 2 heteroatoms. The van der Waals surface area contributed by atoms with E-state index >= 15 is 0 Å². The summed E-state index contributed by atoms with van der Waals surface area (Å²) in [7, 11) is 0. The molecular weight excluding hydrogens is 148 g/mol. The predicted octanol–water partition coefficient (Wildman–Crippen LogP) is 2.46. The van der Waals surface area contributed by atoms with Crippen molar-refractivity contribution in [2.45, 2.75) is 20.8 Å². The van der Waals surface area contributed by atoms with Gasteiger partial charge in [0.2, 0.25) is 0 Å². The van der Waals surface area contributed by atoms with Crippen molar-refractivity contribution in [2.75, 3.05) is 11.9 Å². The molecule has 12 heavy (non-hydrogen) atoms. The van der Waals surface area contributed by atoms with Gasteiger partial charge in [-0.25, -0.2) is 0 Å². The lowest BCUT2D eigenvalue weighted by Gasteiger charge is -2.09. The molecule has 0 spiro atoms. The average molecular weight is 164 g/mol. The van der Waals surface area contributed by atoms with Crippen LogP contribution in [-0.2, 0) is 0 Å². The minimum absolute atomic E-state index is 0.671. The van der Waals surface area contributed by atoms with E-state index in [1.54, 1.807) is 0 Å². The van der Waals surface area contributed by atoms with Crippen LogP contribution in [0.15, 0.2) is 18.3 Å². The van der Waals surface area contributed by atoms with E-state index in [-0.39, 0.29) is 0 Å². The average Bonchev–Trinajstić information content (AvgIpc) is 2.03. The summed E-state index contributed by atoms with van der Waals surface area (Å²) in [5, 5.41) is 3.35. The molecule has 2 nitrogen and oxygen atoms in total. The first-order valence-electron chi connectivity index (χ1n) is 4.35. The van der Waals surface area contributed by atoms with Crippen LogP contribution in [-0.4, -0.2) is 11.5 Å². The topological polar surface area (TPSA) is 24.9 Å². The van der Waals surface area contributed by atoms with Crippen molar-refractivity contribution in [2.24, 2.45) is 5.92 Å². The molecule has 1 aromatic heterocycles. The summed E-state index contributed by atoms with van der Waals surface area (Å²) >= 11 is 0. The van der Waals surface area contributed by atoms with Gasteiger partial charge in [-0.3, -0.25) is 4.98 Å². The van der Waals surface area contributed by atoms with Crippen LogP contribution in [0.2, 0.25) is 0 Å². The van der Waals surface area contributed by atoms with Gasteiger partial charge in [-0.2, -0.15) is 0 Å². The van der Waals surface area contributed by atoms with Crippen molar-refractivity contribution in [1.29, 1.82) is 0 Å². The summed E-state index contributed by atoms with van der Waals surface area (Å²) in [6.07, 6.45) is 1.82. The number of anilines is 1. The van der Waals surface area contributed by atoms with Crippen LogP contribution in [0, 0.1) is 12.8 Å². The largest absolute Gasteiger partial charge is 0.383 e. The fourth-order valence-corrected chi connectivity index (χ4v) is 0.985. The summed E-state index contributed by atoms with van der Waals surface area (Å²) in [5.74, 6) is 0.671. The third-order valence-electron chi connectivity index (χ3n) is 1.71. The molecular formula is C10H16N2. The fourth-order valence-electron chi connectivity index (χ4n) is 0.985. The molecule has 1 rings (SSSR count). The van der Waals surface area contributed by atoms with Gasteiger partial charge >= 0.3 is 0 Å². The van der Waals surface area contributed by atoms with Gasteiger partial charge in [0.05, 0.1) is 11.4 Å². The van der Waals surface area contributed by atoms with E-state index < -0.39 is 0 Å². The summed E-state index contributed by atoms with van der Waals surface area (Å²) < 4.78 is 0. The highest BCUT2D eigenvalue weighted by Crippen LogP contribution is 2.10. The van der Waals surface area contributed by atoms with Crippen LogP contribution in [0.3, 0.4) is 0 Å². The van der Waals surface area contributed by atoms with Gasteiger partial charge in [-0.1, -0.05) is 13.8 Å². The summed E-state index contributed by atoms with van der Waals surface area (Å²) in [4.78, 5) is 4.19. The number of aryl methyl sites for hydroxylation is 1. The molecule has 0 aromatic carbocycles. The lowest BCUT2D eigenvalue weighted by atomic mass is 10.2. The molecule has 0 radical (unpaired) electrons. The molecule has 0 aliphatic rings. The monoisotopic (exact) mass is 164 g/mol. The smallest absolute Gasteiger partial charge is 0.0603 e. The molecule has 0 aliphatic heterocycles. The van der Waals surface area contributed by atoms with Gasteiger partial charge in [0.25, 0.3) is 0 Å². The first-order chi connectivity index (χ1) is 5.70. The SMILES string of the molecule is Cc1ncccc1NCC(C)C.